The summed E-state index contributed by atoms with van der Waals surface area (Å²) in [6.07, 6.45) is 5.78. The third kappa shape index (κ3) is 6.60. The molecule has 5 nitrogen and oxygen atoms in total. The zero-order chi connectivity index (χ0) is 18.3. The Morgan fingerprint density at radius 1 is 1.32 bits per heavy atom. The van der Waals surface area contributed by atoms with Crippen molar-refractivity contribution in [2.24, 2.45) is 0 Å². The second-order valence-electron chi connectivity index (χ2n) is 7.29. The average molecular weight is 341 g/mol. The molecule has 5 heteroatoms. The van der Waals surface area contributed by atoms with Crippen LogP contribution in [0.2, 0.25) is 0 Å². The molecule has 1 heterocycles. The molecule has 1 saturated heterocycles. The lowest BCUT2D eigenvalue weighted by Gasteiger charge is -2.33. The summed E-state index contributed by atoms with van der Waals surface area (Å²) in [5, 5.41) is 12.3. The van der Waals surface area contributed by atoms with Crippen LogP contribution in [0.4, 0.5) is 4.79 Å². The van der Waals surface area contributed by atoms with Crippen LogP contribution in [0.15, 0.2) is 30.3 Å². The molecule has 134 valence electrons. The Labute approximate surface area is 150 Å². The number of nitriles is 1. The Bertz CT molecular complexity index is 630. The fraction of sp³-hybridized carbons (Fsp3) is 0.500. The molecule has 0 aliphatic carbocycles. The average Bonchev–Trinajstić information content (AvgIpc) is 2.58. The predicted octanol–water partition coefficient (Wildman–Crippen LogP) is 3.56. The van der Waals surface area contributed by atoms with Crippen molar-refractivity contribution >= 4 is 12.2 Å². The van der Waals surface area contributed by atoms with Gasteiger partial charge >= 0.3 is 6.09 Å². The van der Waals surface area contributed by atoms with Crippen LogP contribution in [0.5, 0.6) is 0 Å². The largest absolute Gasteiger partial charge is 0.444 e. The van der Waals surface area contributed by atoms with E-state index in [4.69, 9.17) is 10.00 Å². The molecule has 0 radical (unpaired) electrons. The van der Waals surface area contributed by atoms with Gasteiger partial charge in [0.15, 0.2) is 0 Å². The molecule has 1 aliphatic heterocycles. The molecule has 1 aromatic rings. The summed E-state index contributed by atoms with van der Waals surface area (Å²) in [6, 6.07) is 10.1. The highest BCUT2D eigenvalue weighted by atomic mass is 16.6. The van der Waals surface area contributed by atoms with Gasteiger partial charge in [0, 0.05) is 25.7 Å². The normalized spacial score (nSPS) is 16.0. The van der Waals surface area contributed by atoms with Gasteiger partial charge in [0.25, 0.3) is 0 Å². The van der Waals surface area contributed by atoms with Crippen molar-refractivity contribution in [1.29, 1.82) is 5.26 Å². The second kappa shape index (κ2) is 8.68. The Hall–Kier alpha value is -2.32. The van der Waals surface area contributed by atoms with E-state index in [-0.39, 0.29) is 6.09 Å². The van der Waals surface area contributed by atoms with Crippen LogP contribution in [0.3, 0.4) is 0 Å². The molecular weight excluding hydrogens is 314 g/mol. The van der Waals surface area contributed by atoms with Crippen molar-refractivity contribution in [2.45, 2.75) is 45.3 Å². The number of amides is 1. The lowest BCUT2D eigenvalue weighted by Crippen LogP contribution is -2.46. The molecule has 0 atom stereocenters. The summed E-state index contributed by atoms with van der Waals surface area (Å²) in [5.41, 5.74) is 1.31. The highest BCUT2D eigenvalue weighted by Crippen LogP contribution is 2.15. The zero-order valence-electron chi connectivity index (χ0n) is 15.3. The first-order valence-electron chi connectivity index (χ1n) is 8.75. The number of ether oxygens (including phenoxy) is 1. The van der Waals surface area contributed by atoms with Crippen LogP contribution in [0.1, 0.15) is 44.7 Å². The number of benzene rings is 1. The van der Waals surface area contributed by atoms with E-state index in [2.05, 4.69) is 17.5 Å². The molecule has 0 aromatic heterocycles. The van der Waals surface area contributed by atoms with Crippen molar-refractivity contribution in [3.8, 4) is 6.07 Å². The monoisotopic (exact) mass is 341 g/mol. The minimum Gasteiger partial charge on any atom is -0.444 e. The van der Waals surface area contributed by atoms with Crippen LogP contribution >= 0.6 is 0 Å². The summed E-state index contributed by atoms with van der Waals surface area (Å²) in [5.74, 6) is 0. The van der Waals surface area contributed by atoms with E-state index >= 15 is 0 Å². The van der Waals surface area contributed by atoms with Gasteiger partial charge in [0.2, 0.25) is 0 Å². The van der Waals surface area contributed by atoms with Gasteiger partial charge in [-0.2, -0.15) is 5.26 Å². The quantitative estimate of drug-likeness (QED) is 0.909. The van der Waals surface area contributed by atoms with E-state index in [0.717, 1.165) is 38.0 Å². The number of piperidine rings is 1. The molecule has 1 amide bonds. The molecule has 2 rings (SSSR count). The number of hydrogen-bond acceptors (Lipinski definition) is 4. The first kappa shape index (κ1) is 19.0. The smallest absolute Gasteiger partial charge is 0.410 e. The van der Waals surface area contributed by atoms with E-state index in [0.29, 0.717) is 11.6 Å². The highest BCUT2D eigenvalue weighted by Gasteiger charge is 2.26. The van der Waals surface area contributed by atoms with Gasteiger partial charge in [-0.3, -0.25) is 0 Å². The van der Waals surface area contributed by atoms with Crippen LogP contribution in [-0.2, 0) is 4.74 Å². The lowest BCUT2D eigenvalue weighted by molar-refractivity contribution is 0.0199. The first-order chi connectivity index (χ1) is 11.9. The number of nitrogens with zero attached hydrogens (tertiary/aromatic N) is 2. The van der Waals surface area contributed by atoms with Crippen LogP contribution < -0.4 is 5.32 Å². The SMILES string of the molecule is CC(C)(C)OC(=O)N1CCC(NCC=Cc2ccc(C#N)cc2)CC1. The van der Waals surface area contributed by atoms with Crippen molar-refractivity contribution in [3.05, 3.63) is 41.5 Å². The minimum atomic E-state index is -0.442. The summed E-state index contributed by atoms with van der Waals surface area (Å²) in [6.45, 7) is 7.91. The summed E-state index contributed by atoms with van der Waals surface area (Å²) >= 11 is 0. The number of nitrogens with one attached hydrogen (secondary N) is 1. The standard InChI is InChI=1S/C20H27N3O2/c1-20(2,3)25-19(24)23-13-10-18(11-14-23)22-12-4-5-16-6-8-17(15-21)9-7-16/h4-9,18,22H,10-14H2,1-3H3. The molecular formula is C20H27N3O2. The first-order valence-corrected chi connectivity index (χ1v) is 8.75. The van der Waals surface area contributed by atoms with Gasteiger partial charge in [0.1, 0.15) is 5.60 Å². The molecule has 1 N–H and O–H groups in total. The zero-order valence-corrected chi connectivity index (χ0v) is 15.3. The van der Waals surface area contributed by atoms with Gasteiger partial charge in [-0.05, 0) is 51.3 Å². The Kier molecular flexibility index (Phi) is 6.60. The van der Waals surface area contributed by atoms with E-state index < -0.39 is 5.60 Å². The fourth-order valence-electron chi connectivity index (χ4n) is 2.69. The van der Waals surface area contributed by atoms with Gasteiger partial charge in [-0.1, -0.05) is 24.3 Å². The van der Waals surface area contributed by atoms with Gasteiger partial charge in [-0.15, -0.1) is 0 Å². The molecule has 25 heavy (non-hydrogen) atoms. The van der Waals surface area contributed by atoms with E-state index in [1.165, 1.54) is 0 Å². The number of carbonyl (C=O) groups excluding carboxylic acids is 1. The van der Waals surface area contributed by atoms with Crippen molar-refractivity contribution in [3.63, 3.8) is 0 Å². The maximum Gasteiger partial charge on any atom is 0.410 e. The number of hydrogen-bond donors (Lipinski definition) is 1. The lowest BCUT2D eigenvalue weighted by atomic mass is 10.1. The second-order valence-corrected chi connectivity index (χ2v) is 7.29. The topological polar surface area (TPSA) is 65.4 Å². The van der Waals surface area contributed by atoms with E-state index in [1.54, 1.807) is 4.90 Å². The van der Waals surface area contributed by atoms with E-state index in [9.17, 15) is 4.79 Å². The Balaban J connectivity index is 1.69. The van der Waals surface area contributed by atoms with Crippen molar-refractivity contribution in [2.75, 3.05) is 19.6 Å². The van der Waals surface area contributed by atoms with Crippen LogP contribution in [0, 0.1) is 11.3 Å². The van der Waals surface area contributed by atoms with Gasteiger partial charge < -0.3 is 15.0 Å². The highest BCUT2D eigenvalue weighted by molar-refractivity contribution is 5.68. The van der Waals surface area contributed by atoms with Crippen molar-refractivity contribution < 1.29 is 9.53 Å². The van der Waals surface area contributed by atoms with Crippen molar-refractivity contribution in [1.82, 2.24) is 10.2 Å². The van der Waals surface area contributed by atoms with Gasteiger partial charge in [-0.25, -0.2) is 4.79 Å². The fourth-order valence-corrected chi connectivity index (χ4v) is 2.69. The Morgan fingerprint density at radius 2 is 1.96 bits per heavy atom. The molecule has 1 aliphatic rings. The molecule has 1 fully saturated rings. The maximum absolute atomic E-state index is 12.0. The third-order valence-corrected chi connectivity index (χ3v) is 4.02. The maximum atomic E-state index is 12.0. The predicted molar refractivity (Wildman–Crippen MR) is 99.0 cm³/mol. The summed E-state index contributed by atoms with van der Waals surface area (Å²) < 4.78 is 5.41. The molecule has 1 aromatic carbocycles. The number of likely N-dealkylation sites (tertiary alicyclic amines) is 1. The van der Waals surface area contributed by atoms with E-state index in [1.807, 2.05) is 51.1 Å². The number of carbonyl (C=O) groups is 1. The van der Waals surface area contributed by atoms with Gasteiger partial charge in [0.05, 0.1) is 11.6 Å². The Morgan fingerprint density at radius 3 is 2.52 bits per heavy atom. The number of rotatable bonds is 4. The molecule has 0 saturated carbocycles. The third-order valence-electron chi connectivity index (χ3n) is 4.02. The minimum absolute atomic E-state index is 0.216. The van der Waals surface area contributed by atoms with Crippen LogP contribution in [-0.4, -0.2) is 42.3 Å². The molecule has 0 bridgehead atoms. The summed E-state index contributed by atoms with van der Waals surface area (Å²) in [7, 11) is 0. The summed E-state index contributed by atoms with van der Waals surface area (Å²) in [4.78, 5) is 13.8. The molecule has 0 unspecified atom stereocenters. The molecule has 0 spiro atoms. The van der Waals surface area contributed by atoms with Crippen LogP contribution in [0.25, 0.3) is 6.08 Å².